The van der Waals surface area contributed by atoms with Gasteiger partial charge >= 0.3 is 5.97 Å². The Labute approximate surface area is 193 Å². The number of aromatic hydroxyl groups is 1. The summed E-state index contributed by atoms with van der Waals surface area (Å²) >= 11 is 0. The molecular weight excluding hydrogens is 420 g/mol. The molecule has 0 aliphatic rings. The molecule has 7 heteroatoms. The highest BCUT2D eigenvalue weighted by molar-refractivity contribution is 5.99. The molecule has 0 unspecified atom stereocenters. The van der Waals surface area contributed by atoms with Gasteiger partial charge in [0.25, 0.3) is 0 Å². The van der Waals surface area contributed by atoms with E-state index in [1.165, 1.54) is 0 Å². The Balaban J connectivity index is 1.74. The summed E-state index contributed by atoms with van der Waals surface area (Å²) in [4.78, 5) is 32.6. The summed E-state index contributed by atoms with van der Waals surface area (Å²) < 4.78 is 5.81. The Kier molecular flexibility index (Phi) is 6.81. The molecule has 3 aromatic rings. The number of carbonyl (C=O) groups excluding carboxylic acids is 1. The molecule has 0 aliphatic carbocycles. The number of nitrogens with zero attached hydrogens (tertiary/aromatic N) is 2. The number of ketones is 1. The number of benzene rings is 2. The van der Waals surface area contributed by atoms with Gasteiger partial charge in [-0.1, -0.05) is 32.9 Å². The first-order valence-corrected chi connectivity index (χ1v) is 10.6. The fourth-order valence-corrected chi connectivity index (χ4v) is 3.50. The fourth-order valence-electron chi connectivity index (χ4n) is 3.50. The second-order valence-corrected chi connectivity index (χ2v) is 9.21. The molecule has 0 atom stereocenters. The molecule has 0 amide bonds. The van der Waals surface area contributed by atoms with Crippen LogP contribution in [0.1, 0.15) is 64.7 Å². The number of ether oxygens (including phenoxy) is 1. The predicted octanol–water partition coefficient (Wildman–Crippen LogP) is 5.36. The first-order valence-electron chi connectivity index (χ1n) is 10.6. The van der Waals surface area contributed by atoms with E-state index < -0.39 is 5.97 Å². The number of hydrogen-bond acceptors (Lipinski definition) is 6. The van der Waals surface area contributed by atoms with E-state index in [9.17, 15) is 19.8 Å². The van der Waals surface area contributed by atoms with Crippen LogP contribution in [-0.2, 0) is 6.61 Å². The normalized spacial score (nSPS) is 11.3. The lowest BCUT2D eigenvalue weighted by Gasteiger charge is -2.18. The van der Waals surface area contributed by atoms with Gasteiger partial charge in [-0.3, -0.25) is 14.8 Å². The van der Waals surface area contributed by atoms with Crippen molar-refractivity contribution in [2.45, 2.75) is 47.6 Å². The number of hydrogen-bond donors (Lipinski definition) is 2. The Hall–Kier alpha value is -3.74. The SMILES string of the molecule is Cc1c(C(=O)O)cccc1-c1cnc(COc2ccc(C(=O)CC(C)(C)C)c(O)c2C)cn1. The molecule has 3 rings (SSSR count). The Morgan fingerprint density at radius 1 is 0.970 bits per heavy atom. The Morgan fingerprint density at radius 3 is 2.30 bits per heavy atom. The van der Waals surface area contributed by atoms with Gasteiger partial charge in [0.15, 0.2) is 5.78 Å². The monoisotopic (exact) mass is 448 g/mol. The van der Waals surface area contributed by atoms with E-state index in [-0.39, 0.29) is 34.7 Å². The third kappa shape index (κ3) is 5.55. The first-order chi connectivity index (χ1) is 15.5. The van der Waals surface area contributed by atoms with E-state index in [0.717, 1.165) is 0 Å². The number of carboxylic acids is 1. The zero-order valence-corrected chi connectivity index (χ0v) is 19.5. The minimum atomic E-state index is -0.989. The number of aromatic nitrogens is 2. The number of rotatable bonds is 7. The molecule has 172 valence electrons. The van der Waals surface area contributed by atoms with Crippen LogP contribution in [0.4, 0.5) is 0 Å². The van der Waals surface area contributed by atoms with Gasteiger partial charge in [-0.25, -0.2) is 4.79 Å². The van der Waals surface area contributed by atoms with Crippen molar-refractivity contribution in [2.75, 3.05) is 0 Å². The van der Waals surface area contributed by atoms with Crippen LogP contribution in [0.15, 0.2) is 42.7 Å². The molecule has 0 saturated heterocycles. The van der Waals surface area contributed by atoms with Crippen LogP contribution >= 0.6 is 0 Å². The molecule has 0 radical (unpaired) electrons. The van der Waals surface area contributed by atoms with E-state index >= 15 is 0 Å². The van der Waals surface area contributed by atoms with Crippen molar-refractivity contribution in [1.82, 2.24) is 9.97 Å². The van der Waals surface area contributed by atoms with Crippen molar-refractivity contribution in [3.8, 4) is 22.8 Å². The zero-order chi connectivity index (χ0) is 24.3. The van der Waals surface area contributed by atoms with Crippen LogP contribution in [0.25, 0.3) is 11.3 Å². The summed E-state index contributed by atoms with van der Waals surface area (Å²) in [7, 11) is 0. The maximum absolute atomic E-state index is 12.5. The first kappa shape index (κ1) is 23.9. The van der Waals surface area contributed by atoms with E-state index in [1.54, 1.807) is 56.6 Å². The maximum atomic E-state index is 12.5. The van der Waals surface area contributed by atoms with Gasteiger partial charge < -0.3 is 14.9 Å². The summed E-state index contributed by atoms with van der Waals surface area (Å²) in [5.74, 6) is -0.719. The molecule has 0 spiro atoms. The second-order valence-electron chi connectivity index (χ2n) is 9.21. The summed E-state index contributed by atoms with van der Waals surface area (Å²) in [5.41, 5.74) is 3.28. The van der Waals surface area contributed by atoms with E-state index in [2.05, 4.69) is 9.97 Å². The van der Waals surface area contributed by atoms with E-state index in [1.807, 2.05) is 20.8 Å². The molecule has 0 saturated carbocycles. The number of aromatic carboxylic acids is 1. The standard InChI is InChI=1S/C26H28N2O5/c1-15-18(7-6-8-19(15)25(31)32)21-13-27-17(12-28-21)14-33-23-10-9-20(24(30)16(23)2)22(29)11-26(3,4)5/h6-10,12-13,30H,11,14H2,1-5H3,(H,31,32). The largest absolute Gasteiger partial charge is 0.507 e. The third-order valence-corrected chi connectivity index (χ3v) is 5.29. The highest BCUT2D eigenvalue weighted by atomic mass is 16.5. The highest BCUT2D eigenvalue weighted by Gasteiger charge is 2.22. The van der Waals surface area contributed by atoms with E-state index in [0.29, 0.717) is 40.2 Å². The maximum Gasteiger partial charge on any atom is 0.335 e. The van der Waals surface area contributed by atoms with Crippen LogP contribution in [0.3, 0.4) is 0 Å². The van der Waals surface area contributed by atoms with Crippen LogP contribution in [0.2, 0.25) is 0 Å². The molecule has 2 N–H and O–H groups in total. The quantitative estimate of drug-likeness (QED) is 0.468. The average Bonchev–Trinajstić information content (AvgIpc) is 2.74. The highest BCUT2D eigenvalue weighted by Crippen LogP contribution is 2.33. The molecule has 33 heavy (non-hydrogen) atoms. The smallest absolute Gasteiger partial charge is 0.335 e. The summed E-state index contributed by atoms with van der Waals surface area (Å²) in [6.45, 7) is 9.49. The zero-order valence-electron chi connectivity index (χ0n) is 19.5. The van der Waals surface area contributed by atoms with Gasteiger partial charge in [-0.2, -0.15) is 0 Å². The van der Waals surface area contributed by atoms with Gasteiger partial charge in [-0.15, -0.1) is 0 Å². The lowest BCUT2D eigenvalue weighted by atomic mass is 9.87. The molecule has 0 aliphatic heterocycles. The summed E-state index contributed by atoms with van der Waals surface area (Å²) in [5, 5.41) is 19.8. The summed E-state index contributed by atoms with van der Waals surface area (Å²) in [6, 6.07) is 8.29. The van der Waals surface area contributed by atoms with E-state index in [4.69, 9.17) is 4.74 Å². The van der Waals surface area contributed by atoms with Crippen LogP contribution in [0.5, 0.6) is 11.5 Å². The molecule has 0 fully saturated rings. The molecular formula is C26H28N2O5. The van der Waals surface area contributed by atoms with Crippen molar-refractivity contribution in [2.24, 2.45) is 5.41 Å². The third-order valence-electron chi connectivity index (χ3n) is 5.29. The van der Waals surface area contributed by atoms with Gasteiger partial charge in [-0.05, 0) is 43.0 Å². The fraction of sp³-hybridized carbons (Fsp3) is 0.308. The van der Waals surface area contributed by atoms with Crippen LogP contribution in [-0.4, -0.2) is 31.9 Å². The van der Waals surface area contributed by atoms with Crippen LogP contribution < -0.4 is 4.74 Å². The predicted molar refractivity (Wildman–Crippen MR) is 125 cm³/mol. The molecule has 1 heterocycles. The number of phenols is 1. The minimum Gasteiger partial charge on any atom is -0.507 e. The van der Waals surface area contributed by atoms with Crippen molar-refractivity contribution in [1.29, 1.82) is 0 Å². The average molecular weight is 449 g/mol. The van der Waals surface area contributed by atoms with Gasteiger partial charge in [0.1, 0.15) is 18.1 Å². The van der Waals surface area contributed by atoms with Crippen molar-refractivity contribution in [3.63, 3.8) is 0 Å². The Morgan fingerprint density at radius 2 is 1.70 bits per heavy atom. The number of carboxylic acid groups (broad SMARTS) is 1. The molecule has 7 nitrogen and oxygen atoms in total. The van der Waals surface area contributed by atoms with Crippen molar-refractivity contribution < 1.29 is 24.5 Å². The lowest BCUT2D eigenvalue weighted by Crippen LogP contribution is -2.13. The van der Waals surface area contributed by atoms with Gasteiger partial charge in [0, 0.05) is 17.5 Å². The van der Waals surface area contributed by atoms with Crippen molar-refractivity contribution >= 4 is 11.8 Å². The lowest BCUT2D eigenvalue weighted by molar-refractivity contribution is 0.0695. The molecule has 0 bridgehead atoms. The minimum absolute atomic E-state index is 0.0723. The van der Waals surface area contributed by atoms with Crippen LogP contribution in [0, 0.1) is 19.3 Å². The number of carbonyl (C=O) groups is 2. The number of Topliss-reactive ketones (excluding diaryl/α,β-unsaturated/α-hetero) is 1. The van der Waals surface area contributed by atoms with Gasteiger partial charge in [0.2, 0.25) is 0 Å². The number of phenolic OH excluding ortho intramolecular Hbond substituents is 1. The molecule has 1 aromatic heterocycles. The Bertz CT molecular complexity index is 1190. The van der Waals surface area contributed by atoms with Gasteiger partial charge in [0.05, 0.1) is 34.9 Å². The second kappa shape index (κ2) is 9.40. The van der Waals surface area contributed by atoms with Crippen molar-refractivity contribution in [3.05, 3.63) is 70.7 Å². The molecule has 2 aromatic carbocycles. The topological polar surface area (TPSA) is 110 Å². The summed E-state index contributed by atoms with van der Waals surface area (Å²) in [6.07, 6.45) is 3.47.